The number of allylic oxidation sites excluding steroid dienone is 1. The number of carbonyl (C=O) groups excluding carboxylic acids is 1. The highest BCUT2D eigenvalue weighted by Crippen LogP contribution is 2.36. The Hall–Kier alpha value is -3.12. The molecule has 1 N–H and O–H groups in total. The first-order valence-electron chi connectivity index (χ1n) is 13.2. The lowest BCUT2D eigenvalue weighted by molar-refractivity contribution is -0.696. The van der Waals surface area contributed by atoms with Crippen molar-refractivity contribution in [2.75, 3.05) is 6.61 Å². The van der Waals surface area contributed by atoms with Gasteiger partial charge in [0.05, 0.1) is 25.2 Å². The SMILES string of the molecule is C=C(C)c1cccc(C(C)(C)NC(=O)OCCCCCC[n+]2ccn(CC)c2)c1.O=S(=O)([N-]S(=O)(=O)C(F)(F)F)C(F)(F)F. The van der Waals surface area contributed by atoms with Crippen molar-refractivity contribution < 1.29 is 57.3 Å². The molecule has 2 rings (SSSR count). The molecule has 10 nitrogen and oxygen atoms in total. The average Bonchev–Trinajstić information content (AvgIpc) is 3.34. The van der Waals surface area contributed by atoms with E-state index in [0.29, 0.717) is 6.61 Å². The second-order valence-corrected chi connectivity index (χ2v) is 13.5. The van der Waals surface area contributed by atoms with Gasteiger partial charge in [0.15, 0.2) is 20.0 Å². The van der Waals surface area contributed by atoms with Crippen molar-refractivity contribution in [2.24, 2.45) is 0 Å². The molecule has 0 atom stereocenters. The van der Waals surface area contributed by atoms with Crippen LogP contribution in [0.5, 0.6) is 0 Å². The standard InChI is InChI=1S/C24H35N3O2.C2F6NO4S2/c1-6-26-15-16-27(19-26)14-9-7-8-10-17-29-23(28)25-24(4,5)22-13-11-12-21(18-22)20(2)3;3-1(4,5)14(10,11)9-15(12,13)2(6,7)8/h11-13,15-16,18-19H,2,6-10,14,17H2,1,3-5H3;/q;-1/p+1. The molecule has 2 aromatic rings. The molecule has 1 aromatic carbocycles. The summed E-state index contributed by atoms with van der Waals surface area (Å²) >= 11 is 0. The van der Waals surface area contributed by atoms with Gasteiger partial charge in [0, 0.05) is 0 Å². The topological polar surface area (TPSA) is 130 Å². The molecular weight excluding hydrogens is 642 g/mol. The third kappa shape index (κ3) is 12.5. The number of sulfonamides is 2. The van der Waals surface area contributed by atoms with Crippen molar-refractivity contribution in [3.05, 3.63) is 64.8 Å². The predicted molar refractivity (Wildman–Crippen MR) is 151 cm³/mol. The third-order valence-corrected chi connectivity index (χ3v) is 8.67. The van der Waals surface area contributed by atoms with Crippen LogP contribution in [0.25, 0.3) is 9.70 Å². The zero-order chi connectivity index (χ0) is 34.0. The molecule has 0 aliphatic rings. The summed E-state index contributed by atoms with van der Waals surface area (Å²) in [5.74, 6) is 0. The molecule has 1 heterocycles. The molecule has 0 fully saturated rings. The van der Waals surface area contributed by atoms with Crippen molar-refractivity contribution in [3.63, 3.8) is 0 Å². The molecule has 250 valence electrons. The molecule has 1 amide bonds. The molecule has 18 heteroatoms. The Morgan fingerprint density at radius 1 is 1.00 bits per heavy atom. The second kappa shape index (κ2) is 15.7. The Kier molecular flexibility index (Phi) is 13.9. The van der Waals surface area contributed by atoms with Crippen LogP contribution in [0.4, 0.5) is 31.1 Å². The number of alkyl halides is 6. The summed E-state index contributed by atoms with van der Waals surface area (Å²) in [7, 11) is -13.4. The molecule has 0 bridgehead atoms. The van der Waals surface area contributed by atoms with E-state index in [9.17, 15) is 48.0 Å². The first-order chi connectivity index (χ1) is 20.0. The number of aryl methyl sites for hydroxylation is 2. The van der Waals surface area contributed by atoms with E-state index in [4.69, 9.17) is 4.74 Å². The summed E-state index contributed by atoms with van der Waals surface area (Å²) in [4.78, 5) is 12.2. The van der Waals surface area contributed by atoms with E-state index < -0.39 is 36.6 Å². The van der Waals surface area contributed by atoms with Crippen LogP contribution in [0.15, 0.2) is 49.6 Å². The Morgan fingerprint density at radius 2 is 1.57 bits per heavy atom. The molecule has 0 spiro atoms. The fraction of sp³-hybridized carbons (Fsp3) is 0.538. The van der Waals surface area contributed by atoms with Gasteiger partial charge in [-0.1, -0.05) is 30.4 Å². The van der Waals surface area contributed by atoms with Crippen LogP contribution >= 0.6 is 0 Å². The minimum atomic E-state index is -6.72. The van der Waals surface area contributed by atoms with Crippen LogP contribution in [-0.4, -0.2) is 45.1 Å². The van der Waals surface area contributed by atoms with E-state index in [-0.39, 0.29) is 6.09 Å². The number of nitrogens with one attached hydrogen (secondary N) is 1. The number of benzene rings is 1. The number of hydrogen-bond acceptors (Lipinski definition) is 6. The van der Waals surface area contributed by atoms with Crippen LogP contribution < -0.4 is 9.88 Å². The first-order valence-corrected chi connectivity index (χ1v) is 16.0. The van der Waals surface area contributed by atoms with Gasteiger partial charge in [-0.15, -0.1) is 0 Å². The smallest absolute Gasteiger partial charge is 0.450 e. The van der Waals surface area contributed by atoms with Gasteiger partial charge in [-0.25, -0.2) is 30.8 Å². The maximum absolute atomic E-state index is 12.2. The van der Waals surface area contributed by atoms with Crippen LogP contribution in [0.1, 0.15) is 64.5 Å². The highest BCUT2D eigenvalue weighted by atomic mass is 32.3. The third-order valence-electron chi connectivity index (χ3n) is 5.93. The molecule has 1 aromatic heterocycles. The Labute approximate surface area is 253 Å². The number of halogens is 6. The number of carbonyl (C=O) groups is 1. The number of imidazole rings is 1. The van der Waals surface area contributed by atoms with Gasteiger partial charge in [-0.3, -0.25) is 0 Å². The number of unbranched alkanes of at least 4 members (excludes halogenated alkanes) is 3. The number of aromatic nitrogens is 2. The lowest BCUT2D eigenvalue weighted by atomic mass is 9.92. The molecule has 44 heavy (non-hydrogen) atoms. The normalized spacial score (nSPS) is 12.7. The number of amides is 1. The summed E-state index contributed by atoms with van der Waals surface area (Å²) < 4.78 is 119. The van der Waals surface area contributed by atoms with Gasteiger partial charge in [0.1, 0.15) is 12.4 Å². The van der Waals surface area contributed by atoms with Gasteiger partial charge in [-0.05, 0) is 70.6 Å². The highest BCUT2D eigenvalue weighted by Gasteiger charge is 2.47. The van der Waals surface area contributed by atoms with Crippen LogP contribution in [0, 0.1) is 0 Å². The van der Waals surface area contributed by atoms with E-state index >= 15 is 0 Å². The van der Waals surface area contributed by atoms with Gasteiger partial charge in [0.25, 0.3) is 0 Å². The maximum atomic E-state index is 12.2. The first kappa shape index (κ1) is 38.9. The minimum absolute atomic E-state index is 0.368. The quantitative estimate of drug-likeness (QED) is 0.155. The van der Waals surface area contributed by atoms with Gasteiger partial charge < -0.3 is 14.2 Å². The molecule has 0 saturated carbocycles. The zero-order valence-electron chi connectivity index (χ0n) is 24.6. The van der Waals surface area contributed by atoms with Gasteiger partial charge in [-0.2, -0.15) is 26.3 Å². The number of alkyl carbamates (subject to hydrolysis) is 1. The summed E-state index contributed by atoms with van der Waals surface area (Å²) in [6.45, 7) is 14.6. The average molecular weight is 679 g/mol. The lowest BCUT2D eigenvalue weighted by Gasteiger charge is -2.27. The van der Waals surface area contributed by atoms with Gasteiger partial charge in [0.2, 0.25) is 6.33 Å². The molecular formula is C26H36F6N4O6S2. The van der Waals surface area contributed by atoms with Crippen molar-refractivity contribution >= 4 is 31.7 Å². The van der Waals surface area contributed by atoms with Crippen LogP contribution in [-0.2, 0) is 43.4 Å². The number of ether oxygens (including phenoxy) is 1. The molecule has 0 aliphatic heterocycles. The fourth-order valence-electron chi connectivity index (χ4n) is 3.42. The fourth-order valence-corrected chi connectivity index (χ4v) is 5.13. The van der Waals surface area contributed by atoms with Crippen molar-refractivity contribution in [1.82, 2.24) is 9.88 Å². The maximum Gasteiger partial charge on any atom is 0.480 e. The van der Waals surface area contributed by atoms with E-state index in [2.05, 4.69) is 52.7 Å². The molecule has 0 radical (unpaired) electrons. The van der Waals surface area contributed by atoms with E-state index in [1.165, 1.54) is 0 Å². The Morgan fingerprint density at radius 3 is 2.07 bits per heavy atom. The summed E-state index contributed by atoms with van der Waals surface area (Å²) in [6.07, 6.45) is 10.2. The molecule has 0 aliphatic carbocycles. The second-order valence-electron chi connectivity index (χ2n) is 10.1. The highest BCUT2D eigenvalue weighted by molar-refractivity contribution is 8.13. The number of hydrogen-bond donors (Lipinski definition) is 1. The van der Waals surface area contributed by atoms with E-state index in [1.54, 1.807) is 0 Å². The largest absolute Gasteiger partial charge is 0.480 e. The van der Waals surface area contributed by atoms with Crippen molar-refractivity contribution in [3.8, 4) is 0 Å². The number of rotatable bonds is 13. The molecule has 0 unspecified atom stereocenters. The van der Waals surface area contributed by atoms with Crippen molar-refractivity contribution in [1.29, 1.82) is 0 Å². The number of nitrogens with zero attached hydrogens (tertiary/aromatic N) is 3. The summed E-state index contributed by atoms with van der Waals surface area (Å²) in [6, 6.07) is 8.09. The Bertz CT molecular complexity index is 1430. The van der Waals surface area contributed by atoms with Crippen molar-refractivity contribution in [2.45, 2.75) is 83.0 Å². The van der Waals surface area contributed by atoms with E-state index in [1.807, 2.05) is 39.0 Å². The summed E-state index contributed by atoms with van der Waals surface area (Å²) in [5, 5.41) is 2.97. The lowest BCUT2D eigenvalue weighted by Crippen LogP contribution is -2.41. The van der Waals surface area contributed by atoms with Crippen LogP contribution in [0.2, 0.25) is 0 Å². The van der Waals surface area contributed by atoms with Crippen LogP contribution in [0.3, 0.4) is 0 Å². The minimum Gasteiger partial charge on any atom is -0.450 e. The van der Waals surface area contributed by atoms with Gasteiger partial charge >= 0.3 is 17.1 Å². The molecule has 0 saturated heterocycles. The Balaban J connectivity index is 0.000000546. The summed E-state index contributed by atoms with van der Waals surface area (Å²) in [5.41, 5.74) is -9.79. The monoisotopic (exact) mass is 678 g/mol. The zero-order valence-corrected chi connectivity index (χ0v) is 26.2. The predicted octanol–water partition coefficient (Wildman–Crippen LogP) is 6.11. The van der Waals surface area contributed by atoms with E-state index in [0.717, 1.165) is 59.6 Å².